The largest absolute Gasteiger partial charge is 0.433 e. The van der Waals surface area contributed by atoms with Crippen molar-refractivity contribution in [2.75, 3.05) is 29.9 Å². The monoisotopic (exact) mass is 356 g/mol. The standard InChI is InChI=1S/C15H16F4N6/c1-24(13-5-12(15(17,18)19)21-9-22-13)10-3-2-4-25(7-10)14-11(16)6-20-8-23-14/h5-6,8-10H,2-4,7H2,1H3. The van der Waals surface area contributed by atoms with E-state index in [-0.39, 0.29) is 17.7 Å². The van der Waals surface area contributed by atoms with Crippen LogP contribution in [-0.4, -0.2) is 46.1 Å². The zero-order valence-corrected chi connectivity index (χ0v) is 13.4. The molecule has 0 spiro atoms. The second-order valence-electron chi connectivity index (χ2n) is 5.81. The number of nitrogens with zero attached hydrogens (tertiary/aromatic N) is 6. The number of aromatic nitrogens is 4. The van der Waals surface area contributed by atoms with Gasteiger partial charge in [-0.1, -0.05) is 0 Å². The van der Waals surface area contributed by atoms with Crippen molar-refractivity contribution in [3.05, 3.63) is 36.4 Å². The first kappa shape index (κ1) is 17.3. The molecule has 1 atom stereocenters. The number of alkyl halides is 3. The van der Waals surface area contributed by atoms with Crippen LogP contribution in [0.25, 0.3) is 0 Å². The smallest absolute Gasteiger partial charge is 0.355 e. The zero-order chi connectivity index (χ0) is 18.0. The molecule has 3 rings (SSSR count). The van der Waals surface area contributed by atoms with Crippen LogP contribution >= 0.6 is 0 Å². The minimum atomic E-state index is -4.53. The molecule has 1 aliphatic rings. The Hall–Kier alpha value is -2.52. The van der Waals surface area contributed by atoms with Crippen molar-refractivity contribution in [3.8, 4) is 0 Å². The highest BCUT2D eigenvalue weighted by molar-refractivity contribution is 5.44. The summed E-state index contributed by atoms with van der Waals surface area (Å²) in [6.45, 7) is 1.05. The average molecular weight is 356 g/mol. The van der Waals surface area contributed by atoms with Gasteiger partial charge in [-0.05, 0) is 12.8 Å². The molecule has 25 heavy (non-hydrogen) atoms. The van der Waals surface area contributed by atoms with Crippen LogP contribution in [0.2, 0.25) is 0 Å². The Balaban J connectivity index is 1.79. The van der Waals surface area contributed by atoms with Crippen molar-refractivity contribution >= 4 is 11.6 Å². The highest BCUT2D eigenvalue weighted by Gasteiger charge is 2.34. The third-order valence-electron chi connectivity index (χ3n) is 4.20. The van der Waals surface area contributed by atoms with E-state index in [1.807, 2.05) is 0 Å². The number of anilines is 2. The molecule has 0 amide bonds. The summed E-state index contributed by atoms with van der Waals surface area (Å²) < 4.78 is 52.4. The van der Waals surface area contributed by atoms with Gasteiger partial charge in [-0.2, -0.15) is 13.2 Å². The molecule has 1 aliphatic heterocycles. The van der Waals surface area contributed by atoms with Crippen LogP contribution in [0.4, 0.5) is 29.2 Å². The number of halogens is 4. The maximum atomic E-state index is 13.9. The van der Waals surface area contributed by atoms with E-state index in [0.29, 0.717) is 13.1 Å². The topological polar surface area (TPSA) is 58.0 Å². The van der Waals surface area contributed by atoms with Crippen molar-refractivity contribution in [1.82, 2.24) is 19.9 Å². The minimum Gasteiger partial charge on any atom is -0.355 e. The zero-order valence-electron chi connectivity index (χ0n) is 13.4. The van der Waals surface area contributed by atoms with E-state index >= 15 is 0 Å². The molecule has 0 bridgehead atoms. The summed E-state index contributed by atoms with van der Waals surface area (Å²) >= 11 is 0. The van der Waals surface area contributed by atoms with Crippen molar-refractivity contribution in [2.45, 2.75) is 25.1 Å². The summed E-state index contributed by atoms with van der Waals surface area (Å²) in [6.07, 6.45) is 0.253. The number of likely N-dealkylation sites (N-methyl/N-ethyl adjacent to an activating group) is 1. The molecule has 2 aromatic rings. The minimum absolute atomic E-state index is 0.126. The van der Waals surface area contributed by atoms with Gasteiger partial charge in [0.25, 0.3) is 0 Å². The number of hydrogen-bond donors (Lipinski definition) is 0. The fourth-order valence-corrected chi connectivity index (χ4v) is 2.88. The highest BCUT2D eigenvalue weighted by Crippen LogP contribution is 2.30. The molecule has 0 aromatic carbocycles. The van der Waals surface area contributed by atoms with Crippen LogP contribution in [0.5, 0.6) is 0 Å². The molecule has 1 fully saturated rings. The molecule has 0 aliphatic carbocycles. The highest BCUT2D eigenvalue weighted by atomic mass is 19.4. The van der Waals surface area contributed by atoms with Gasteiger partial charge in [-0.3, -0.25) is 0 Å². The Morgan fingerprint density at radius 3 is 2.72 bits per heavy atom. The first-order valence-corrected chi connectivity index (χ1v) is 7.69. The predicted molar refractivity (Wildman–Crippen MR) is 82.7 cm³/mol. The molecule has 0 N–H and O–H groups in total. The van der Waals surface area contributed by atoms with Gasteiger partial charge < -0.3 is 9.80 Å². The number of piperidine rings is 1. The van der Waals surface area contributed by atoms with Crippen molar-refractivity contribution in [3.63, 3.8) is 0 Å². The van der Waals surface area contributed by atoms with Gasteiger partial charge in [-0.15, -0.1) is 0 Å². The number of rotatable bonds is 3. The van der Waals surface area contributed by atoms with Crippen LogP contribution in [-0.2, 0) is 6.18 Å². The Labute approximate surface area is 141 Å². The van der Waals surface area contributed by atoms with Crippen molar-refractivity contribution < 1.29 is 17.6 Å². The summed E-state index contributed by atoms with van der Waals surface area (Å²) in [4.78, 5) is 18.2. The molecule has 6 nitrogen and oxygen atoms in total. The summed E-state index contributed by atoms with van der Waals surface area (Å²) in [7, 11) is 1.67. The predicted octanol–water partition coefficient (Wildman–Crippen LogP) is 2.53. The first-order chi connectivity index (χ1) is 11.9. The molecule has 0 saturated carbocycles. The van der Waals surface area contributed by atoms with Gasteiger partial charge in [0, 0.05) is 32.2 Å². The summed E-state index contributed by atoms with van der Waals surface area (Å²) in [5.74, 6) is -0.142. The van der Waals surface area contributed by atoms with Gasteiger partial charge in [0.05, 0.1) is 6.20 Å². The van der Waals surface area contributed by atoms with Gasteiger partial charge >= 0.3 is 6.18 Å². The molecule has 3 heterocycles. The van der Waals surface area contributed by atoms with E-state index < -0.39 is 17.7 Å². The first-order valence-electron chi connectivity index (χ1n) is 7.69. The SMILES string of the molecule is CN(c1cc(C(F)(F)F)ncn1)C1CCCN(c2ncncc2F)C1. The number of hydrogen-bond acceptors (Lipinski definition) is 6. The second-order valence-corrected chi connectivity index (χ2v) is 5.81. The lowest BCUT2D eigenvalue weighted by Crippen LogP contribution is -2.47. The van der Waals surface area contributed by atoms with Crippen LogP contribution in [0.1, 0.15) is 18.5 Å². The quantitative estimate of drug-likeness (QED) is 0.788. The van der Waals surface area contributed by atoms with Crippen LogP contribution in [0, 0.1) is 5.82 Å². The Morgan fingerprint density at radius 1 is 1.20 bits per heavy atom. The Morgan fingerprint density at radius 2 is 2.00 bits per heavy atom. The summed E-state index contributed by atoms with van der Waals surface area (Å²) in [5, 5.41) is 0. The lowest BCUT2D eigenvalue weighted by molar-refractivity contribution is -0.141. The van der Waals surface area contributed by atoms with Gasteiger partial charge in [-0.25, -0.2) is 24.3 Å². The van der Waals surface area contributed by atoms with Crippen LogP contribution in [0.15, 0.2) is 24.9 Å². The van der Waals surface area contributed by atoms with Crippen molar-refractivity contribution in [1.29, 1.82) is 0 Å². The van der Waals surface area contributed by atoms with Crippen molar-refractivity contribution in [2.24, 2.45) is 0 Å². The molecular formula is C15H16F4N6. The maximum Gasteiger partial charge on any atom is 0.433 e. The molecule has 134 valence electrons. The summed E-state index contributed by atoms with van der Waals surface area (Å²) in [5.41, 5.74) is -0.987. The molecule has 1 saturated heterocycles. The molecule has 0 radical (unpaired) electrons. The van der Waals surface area contributed by atoms with E-state index in [1.165, 1.54) is 6.33 Å². The van der Waals surface area contributed by atoms with Crippen LogP contribution < -0.4 is 9.80 Å². The normalized spacial score (nSPS) is 18.3. The molecular weight excluding hydrogens is 340 g/mol. The third kappa shape index (κ3) is 3.77. The van der Waals surface area contributed by atoms with Gasteiger partial charge in [0.2, 0.25) is 0 Å². The summed E-state index contributed by atoms with van der Waals surface area (Å²) in [6, 6.07) is 0.795. The Kier molecular flexibility index (Phi) is 4.69. The van der Waals surface area contributed by atoms with E-state index in [2.05, 4.69) is 19.9 Å². The van der Waals surface area contributed by atoms with Gasteiger partial charge in [0.1, 0.15) is 24.2 Å². The second kappa shape index (κ2) is 6.77. The molecule has 10 heteroatoms. The van der Waals surface area contributed by atoms with E-state index in [0.717, 1.165) is 31.4 Å². The lowest BCUT2D eigenvalue weighted by Gasteiger charge is -2.38. The molecule has 2 aromatic heterocycles. The fraction of sp³-hybridized carbons (Fsp3) is 0.467. The molecule has 1 unspecified atom stereocenters. The van der Waals surface area contributed by atoms with Crippen LogP contribution in [0.3, 0.4) is 0 Å². The van der Waals surface area contributed by atoms with E-state index in [9.17, 15) is 17.6 Å². The average Bonchev–Trinajstić information content (AvgIpc) is 2.61. The lowest BCUT2D eigenvalue weighted by atomic mass is 10.0. The van der Waals surface area contributed by atoms with E-state index in [4.69, 9.17) is 0 Å². The third-order valence-corrected chi connectivity index (χ3v) is 4.20. The van der Waals surface area contributed by atoms with Gasteiger partial charge in [0.15, 0.2) is 11.6 Å². The maximum absolute atomic E-state index is 13.9. The fourth-order valence-electron chi connectivity index (χ4n) is 2.88. The Bertz CT molecular complexity index is 738. The van der Waals surface area contributed by atoms with E-state index in [1.54, 1.807) is 16.8 Å².